The van der Waals surface area contributed by atoms with Gasteiger partial charge in [-0.05, 0) is 49.6 Å². The van der Waals surface area contributed by atoms with E-state index in [-0.39, 0.29) is 5.82 Å². The third-order valence-electron chi connectivity index (χ3n) is 5.55. The molecular weight excluding hydrogens is 379 g/mol. The highest BCUT2D eigenvalue weighted by atomic mass is 19.1. The zero-order valence-corrected chi connectivity index (χ0v) is 16.5. The number of benzene rings is 1. The van der Waals surface area contributed by atoms with Crippen molar-refractivity contribution in [2.75, 3.05) is 22.1 Å². The van der Waals surface area contributed by atoms with Crippen molar-refractivity contribution in [1.82, 2.24) is 15.0 Å². The molecule has 0 amide bonds. The number of hydrogen-bond acceptors (Lipinski definition) is 6. The van der Waals surface area contributed by atoms with E-state index >= 15 is 0 Å². The molecule has 3 heterocycles. The second kappa shape index (κ2) is 8.10. The topological polar surface area (TPSA) is 66.0 Å². The van der Waals surface area contributed by atoms with Gasteiger partial charge in [0.25, 0.3) is 0 Å². The maximum atomic E-state index is 13.8. The van der Waals surface area contributed by atoms with E-state index in [4.69, 9.17) is 0 Å². The van der Waals surface area contributed by atoms with Crippen molar-refractivity contribution in [2.24, 2.45) is 0 Å². The Balaban J connectivity index is 1.18. The summed E-state index contributed by atoms with van der Waals surface area (Å²) in [6.07, 6.45) is 14.8. The number of nitrogens with zero attached hydrogens (tertiary/aromatic N) is 4. The number of nitrogens with one attached hydrogen (secondary N) is 2. The largest absolute Gasteiger partial charge is 0.367 e. The van der Waals surface area contributed by atoms with Crippen LogP contribution in [0.1, 0.15) is 19.3 Å². The Kier molecular flexibility index (Phi) is 5.01. The number of allylic oxidation sites excluding steroid dienone is 2. The molecule has 1 aliphatic heterocycles. The van der Waals surface area contributed by atoms with Crippen molar-refractivity contribution in [3.05, 3.63) is 73.0 Å². The minimum absolute atomic E-state index is 0.298. The first kappa shape index (κ1) is 18.5. The molecule has 5 rings (SSSR count). The molecule has 6 nitrogen and oxygen atoms in total. The van der Waals surface area contributed by atoms with Gasteiger partial charge in [-0.2, -0.15) is 0 Å². The molecule has 2 N–H and O–H groups in total. The van der Waals surface area contributed by atoms with Crippen LogP contribution in [0.2, 0.25) is 0 Å². The van der Waals surface area contributed by atoms with Crippen molar-refractivity contribution in [2.45, 2.75) is 31.3 Å². The zero-order valence-electron chi connectivity index (χ0n) is 16.5. The molecule has 7 heteroatoms. The Morgan fingerprint density at radius 3 is 2.57 bits per heavy atom. The summed E-state index contributed by atoms with van der Waals surface area (Å²) in [4.78, 5) is 15.5. The van der Waals surface area contributed by atoms with Crippen molar-refractivity contribution >= 4 is 28.4 Å². The quantitative estimate of drug-likeness (QED) is 0.655. The lowest BCUT2D eigenvalue weighted by molar-refractivity contribution is 0.636. The number of hydrogen-bond donors (Lipinski definition) is 2. The molecule has 0 saturated heterocycles. The average molecular weight is 402 g/mol. The fourth-order valence-electron chi connectivity index (χ4n) is 4.04. The molecule has 2 atom stereocenters. The van der Waals surface area contributed by atoms with E-state index in [1.807, 2.05) is 24.4 Å². The SMILES string of the molecule is Fc1cccc2nc(N[C@H]3CC[C@H](Nc4ccc(N5C=CC=CC5)cn4)C3)cnc12. The second-order valence-corrected chi connectivity index (χ2v) is 7.68. The predicted octanol–water partition coefficient (Wildman–Crippen LogP) is 4.50. The summed E-state index contributed by atoms with van der Waals surface area (Å²) in [6.45, 7) is 0.866. The maximum absolute atomic E-state index is 13.8. The van der Waals surface area contributed by atoms with E-state index in [9.17, 15) is 4.39 Å². The lowest BCUT2D eigenvalue weighted by atomic mass is 10.2. The molecule has 1 aromatic carbocycles. The number of anilines is 3. The Morgan fingerprint density at radius 1 is 0.933 bits per heavy atom. The zero-order chi connectivity index (χ0) is 20.3. The predicted molar refractivity (Wildman–Crippen MR) is 118 cm³/mol. The first-order valence-electron chi connectivity index (χ1n) is 10.2. The molecule has 30 heavy (non-hydrogen) atoms. The molecule has 0 radical (unpaired) electrons. The molecule has 1 fully saturated rings. The van der Waals surface area contributed by atoms with Crippen LogP contribution in [0, 0.1) is 5.82 Å². The van der Waals surface area contributed by atoms with E-state index in [1.165, 1.54) is 6.07 Å². The Labute approximate surface area is 174 Å². The van der Waals surface area contributed by atoms with Gasteiger partial charge in [-0.15, -0.1) is 0 Å². The average Bonchev–Trinajstić information content (AvgIpc) is 3.21. The van der Waals surface area contributed by atoms with Crippen molar-refractivity contribution in [1.29, 1.82) is 0 Å². The Bertz CT molecular complexity index is 1090. The van der Waals surface area contributed by atoms with Crippen LogP contribution in [-0.2, 0) is 0 Å². The van der Waals surface area contributed by atoms with E-state index in [1.54, 1.807) is 18.3 Å². The fourth-order valence-corrected chi connectivity index (χ4v) is 4.04. The van der Waals surface area contributed by atoms with E-state index in [0.29, 0.717) is 28.9 Å². The lowest BCUT2D eigenvalue weighted by Gasteiger charge is -2.21. The van der Waals surface area contributed by atoms with Crippen LogP contribution >= 0.6 is 0 Å². The number of para-hydroxylation sites is 1. The minimum atomic E-state index is -0.344. The molecule has 1 aliphatic carbocycles. The van der Waals surface area contributed by atoms with E-state index in [0.717, 1.165) is 37.3 Å². The van der Waals surface area contributed by atoms with Crippen LogP contribution < -0.4 is 15.5 Å². The highest BCUT2D eigenvalue weighted by Crippen LogP contribution is 2.26. The van der Waals surface area contributed by atoms with Crippen LogP contribution in [-0.4, -0.2) is 33.6 Å². The summed E-state index contributed by atoms with van der Waals surface area (Å²) in [6, 6.07) is 9.61. The van der Waals surface area contributed by atoms with Gasteiger partial charge in [-0.25, -0.2) is 19.3 Å². The molecule has 0 unspecified atom stereocenters. The van der Waals surface area contributed by atoms with Gasteiger partial charge in [0.05, 0.1) is 23.6 Å². The molecular formula is C23H23FN6. The number of halogens is 1. The molecule has 152 valence electrons. The van der Waals surface area contributed by atoms with Crippen molar-refractivity contribution < 1.29 is 4.39 Å². The number of pyridine rings is 1. The van der Waals surface area contributed by atoms with Gasteiger partial charge in [0.2, 0.25) is 0 Å². The molecule has 2 aromatic heterocycles. The van der Waals surface area contributed by atoms with E-state index < -0.39 is 0 Å². The van der Waals surface area contributed by atoms with Crippen LogP contribution in [0.5, 0.6) is 0 Å². The molecule has 1 saturated carbocycles. The third-order valence-corrected chi connectivity index (χ3v) is 5.55. The first-order valence-corrected chi connectivity index (χ1v) is 10.2. The lowest BCUT2D eigenvalue weighted by Crippen LogP contribution is -2.22. The summed E-state index contributed by atoms with van der Waals surface area (Å²) < 4.78 is 13.8. The molecule has 3 aromatic rings. The summed E-state index contributed by atoms with van der Waals surface area (Å²) in [5.41, 5.74) is 1.95. The Hall–Kier alpha value is -3.48. The molecule has 0 spiro atoms. The van der Waals surface area contributed by atoms with Crippen molar-refractivity contribution in [3.8, 4) is 0 Å². The summed E-state index contributed by atoms with van der Waals surface area (Å²) in [5.74, 6) is 1.23. The van der Waals surface area contributed by atoms with Crippen LogP contribution in [0.4, 0.5) is 21.7 Å². The van der Waals surface area contributed by atoms with Gasteiger partial charge in [0.1, 0.15) is 17.2 Å². The van der Waals surface area contributed by atoms with Gasteiger partial charge in [0.15, 0.2) is 5.82 Å². The summed E-state index contributed by atoms with van der Waals surface area (Å²) >= 11 is 0. The summed E-state index contributed by atoms with van der Waals surface area (Å²) in [7, 11) is 0. The first-order chi connectivity index (χ1) is 14.7. The minimum Gasteiger partial charge on any atom is -0.367 e. The van der Waals surface area contributed by atoms with Gasteiger partial charge in [0, 0.05) is 24.8 Å². The van der Waals surface area contributed by atoms with Crippen molar-refractivity contribution in [3.63, 3.8) is 0 Å². The molecule has 0 bridgehead atoms. The van der Waals surface area contributed by atoms with Gasteiger partial charge in [-0.3, -0.25) is 0 Å². The van der Waals surface area contributed by atoms with Crippen LogP contribution in [0.25, 0.3) is 11.0 Å². The number of rotatable bonds is 5. The highest BCUT2D eigenvalue weighted by Gasteiger charge is 2.25. The standard InChI is InChI=1S/C23H23FN6/c24-19-5-4-6-20-23(19)26-15-22(29-20)28-17-8-7-16(13-17)27-21-10-9-18(14-25-21)30-11-2-1-3-12-30/h1-6,9-11,14-17H,7-8,12-13H2,(H,25,27)(H,28,29)/t16-,17-/m0/s1. The number of aromatic nitrogens is 3. The second-order valence-electron chi connectivity index (χ2n) is 7.68. The summed E-state index contributed by atoms with van der Waals surface area (Å²) in [5, 5.41) is 6.98. The third kappa shape index (κ3) is 3.96. The van der Waals surface area contributed by atoms with Crippen LogP contribution in [0.3, 0.4) is 0 Å². The fraction of sp³-hybridized carbons (Fsp3) is 0.261. The van der Waals surface area contributed by atoms with E-state index in [2.05, 4.69) is 48.8 Å². The van der Waals surface area contributed by atoms with Crippen LogP contribution in [0.15, 0.2) is 67.2 Å². The van der Waals surface area contributed by atoms with Gasteiger partial charge in [-0.1, -0.05) is 18.2 Å². The molecule has 2 aliphatic rings. The van der Waals surface area contributed by atoms with Gasteiger partial charge >= 0.3 is 0 Å². The normalized spacial score (nSPS) is 20.6. The Morgan fingerprint density at radius 2 is 1.80 bits per heavy atom. The van der Waals surface area contributed by atoms with Gasteiger partial charge < -0.3 is 15.5 Å². The monoisotopic (exact) mass is 402 g/mol. The number of fused-ring (bicyclic) bond motifs is 1. The highest BCUT2D eigenvalue weighted by molar-refractivity contribution is 5.76. The maximum Gasteiger partial charge on any atom is 0.151 e. The smallest absolute Gasteiger partial charge is 0.151 e.